The predicted molar refractivity (Wildman–Crippen MR) is 75.9 cm³/mol. The molecule has 3 N–H and O–H groups in total. The molecule has 100 valence electrons. The van der Waals surface area contributed by atoms with Gasteiger partial charge in [0.1, 0.15) is 5.00 Å². The molecule has 0 aliphatic carbocycles. The third kappa shape index (κ3) is 4.58. The van der Waals surface area contributed by atoms with E-state index in [1.54, 1.807) is 17.1 Å². The summed E-state index contributed by atoms with van der Waals surface area (Å²) in [5.41, 5.74) is 0.118. The van der Waals surface area contributed by atoms with Crippen molar-refractivity contribution in [2.24, 2.45) is 0 Å². The summed E-state index contributed by atoms with van der Waals surface area (Å²) in [6, 6.07) is 1.17. The van der Waals surface area contributed by atoms with Crippen molar-refractivity contribution in [3.05, 3.63) is 17.0 Å². The van der Waals surface area contributed by atoms with Crippen molar-refractivity contribution in [2.75, 3.05) is 17.3 Å². The van der Waals surface area contributed by atoms with Gasteiger partial charge in [-0.2, -0.15) is 11.8 Å². The minimum Gasteiger partial charge on any atom is -0.478 e. The molecule has 0 aliphatic rings. The quantitative estimate of drug-likeness (QED) is 0.752. The summed E-state index contributed by atoms with van der Waals surface area (Å²) in [6.07, 6.45) is 2.89. The summed E-state index contributed by atoms with van der Waals surface area (Å²) >= 11 is 2.92. The third-order valence-electron chi connectivity index (χ3n) is 2.26. The zero-order chi connectivity index (χ0) is 13.5. The number of thioether (sulfide) groups is 1. The SMILES string of the molecule is CSCCC(C)NC(=O)Nc1sccc1C(=O)O. The fourth-order valence-electron chi connectivity index (χ4n) is 1.30. The maximum Gasteiger partial charge on any atom is 0.338 e. The van der Waals surface area contributed by atoms with Crippen LogP contribution in [-0.4, -0.2) is 35.2 Å². The van der Waals surface area contributed by atoms with Crippen LogP contribution in [0.1, 0.15) is 23.7 Å². The molecule has 7 heteroatoms. The molecular weight excluding hydrogens is 272 g/mol. The number of hydrogen-bond acceptors (Lipinski definition) is 4. The van der Waals surface area contributed by atoms with Gasteiger partial charge in [0.2, 0.25) is 0 Å². The first kappa shape index (κ1) is 14.8. The lowest BCUT2D eigenvalue weighted by atomic mass is 10.3. The van der Waals surface area contributed by atoms with Crippen molar-refractivity contribution < 1.29 is 14.7 Å². The first-order chi connectivity index (χ1) is 8.54. The van der Waals surface area contributed by atoms with Gasteiger partial charge in [-0.1, -0.05) is 0 Å². The fraction of sp³-hybridized carbons (Fsp3) is 0.455. The van der Waals surface area contributed by atoms with E-state index in [9.17, 15) is 9.59 Å². The predicted octanol–water partition coefficient (Wildman–Crippen LogP) is 2.71. The minimum absolute atomic E-state index is 0.0608. The van der Waals surface area contributed by atoms with E-state index in [1.807, 2.05) is 13.2 Å². The molecule has 2 amide bonds. The van der Waals surface area contributed by atoms with Crippen LogP contribution in [0.5, 0.6) is 0 Å². The van der Waals surface area contributed by atoms with Crippen LogP contribution in [-0.2, 0) is 0 Å². The van der Waals surface area contributed by atoms with Crippen LogP contribution in [0.25, 0.3) is 0 Å². The van der Waals surface area contributed by atoms with Crippen molar-refractivity contribution in [1.29, 1.82) is 0 Å². The summed E-state index contributed by atoms with van der Waals surface area (Å²) in [5.74, 6) is -0.0668. The molecule has 18 heavy (non-hydrogen) atoms. The lowest BCUT2D eigenvalue weighted by Gasteiger charge is -2.13. The van der Waals surface area contributed by atoms with Gasteiger partial charge in [-0.05, 0) is 36.8 Å². The molecule has 1 aromatic heterocycles. The van der Waals surface area contributed by atoms with Crippen molar-refractivity contribution in [3.63, 3.8) is 0 Å². The number of rotatable bonds is 6. The molecule has 0 saturated heterocycles. The van der Waals surface area contributed by atoms with E-state index in [-0.39, 0.29) is 17.6 Å². The van der Waals surface area contributed by atoms with Crippen molar-refractivity contribution in [1.82, 2.24) is 5.32 Å². The van der Waals surface area contributed by atoms with E-state index in [0.29, 0.717) is 5.00 Å². The molecule has 1 atom stereocenters. The Bertz CT molecular complexity index is 420. The lowest BCUT2D eigenvalue weighted by Crippen LogP contribution is -2.36. The van der Waals surface area contributed by atoms with Crippen LogP contribution in [0.3, 0.4) is 0 Å². The molecule has 5 nitrogen and oxygen atoms in total. The van der Waals surface area contributed by atoms with E-state index < -0.39 is 5.97 Å². The molecule has 1 heterocycles. The Hall–Kier alpha value is -1.21. The van der Waals surface area contributed by atoms with Gasteiger partial charge in [-0.25, -0.2) is 9.59 Å². The molecule has 1 unspecified atom stereocenters. The monoisotopic (exact) mass is 288 g/mol. The highest BCUT2D eigenvalue weighted by atomic mass is 32.2. The Labute approximate surface area is 114 Å². The molecule has 0 aromatic carbocycles. The van der Waals surface area contributed by atoms with E-state index in [0.717, 1.165) is 12.2 Å². The van der Waals surface area contributed by atoms with E-state index in [1.165, 1.54) is 17.4 Å². The molecular formula is C11H16N2O3S2. The van der Waals surface area contributed by atoms with E-state index >= 15 is 0 Å². The molecule has 1 rings (SSSR count). The average Bonchev–Trinajstić information content (AvgIpc) is 2.74. The number of thiophene rings is 1. The molecule has 0 saturated carbocycles. The Kier molecular flexibility index (Phi) is 6.00. The van der Waals surface area contributed by atoms with Gasteiger partial charge >= 0.3 is 12.0 Å². The van der Waals surface area contributed by atoms with Crippen LogP contribution in [0.15, 0.2) is 11.4 Å². The summed E-state index contributed by atoms with van der Waals surface area (Å²) < 4.78 is 0. The molecule has 0 radical (unpaired) electrons. The smallest absolute Gasteiger partial charge is 0.338 e. The van der Waals surface area contributed by atoms with Crippen LogP contribution in [0, 0.1) is 0 Å². The summed E-state index contributed by atoms with van der Waals surface area (Å²) in [4.78, 5) is 22.5. The maximum absolute atomic E-state index is 11.6. The Balaban J connectivity index is 2.49. The Morgan fingerprint density at radius 3 is 2.89 bits per heavy atom. The fourth-order valence-corrected chi connectivity index (χ4v) is 2.67. The van der Waals surface area contributed by atoms with Gasteiger partial charge in [-0.3, -0.25) is 5.32 Å². The van der Waals surface area contributed by atoms with Gasteiger partial charge in [0.25, 0.3) is 0 Å². The van der Waals surface area contributed by atoms with Gasteiger partial charge in [0.05, 0.1) is 5.56 Å². The minimum atomic E-state index is -1.04. The second-order valence-electron chi connectivity index (χ2n) is 3.75. The van der Waals surface area contributed by atoms with Crippen molar-refractivity contribution in [3.8, 4) is 0 Å². The number of carbonyl (C=O) groups excluding carboxylic acids is 1. The highest BCUT2D eigenvalue weighted by Crippen LogP contribution is 2.22. The molecule has 0 spiro atoms. The van der Waals surface area contributed by atoms with Crippen molar-refractivity contribution in [2.45, 2.75) is 19.4 Å². The second-order valence-corrected chi connectivity index (χ2v) is 5.65. The van der Waals surface area contributed by atoms with Crippen LogP contribution in [0.4, 0.5) is 9.80 Å². The number of hydrogen-bond donors (Lipinski definition) is 3. The average molecular weight is 288 g/mol. The number of aromatic carboxylic acids is 1. The first-order valence-electron chi connectivity index (χ1n) is 5.41. The van der Waals surface area contributed by atoms with Crippen molar-refractivity contribution >= 4 is 40.1 Å². The molecule has 0 bridgehead atoms. The number of urea groups is 1. The second kappa shape index (κ2) is 7.27. The lowest BCUT2D eigenvalue weighted by molar-refractivity contribution is 0.0698. The number of anilines is 1. The van der Waals surface area contributed by atoms with Gasteiger partial charge in [0, 0.05) is 6.04 Å². The molecule has 0 fully saturated rings. The topological polar surface area (TPSA) is 78.4 Å². The third-order valence-corrected chi connectivity index (χ3v) is 3.73. The standard InChI is InChI=1S/C11H16N2O3S2/c1-7(3-5-17-2)12-11(16)13-9-8(10(14)15)4-6-18-9/h4,6-7H,3,5H2,1-2H3,(H,14,15)(H2,12,13,16). The van der Waals surface area contributed by atoms with E-state index in [4.69, 9.17) is 5.11 Å². The number of carbonyl (C=O) groups is 2. The van der Waals surface area contributed by atoms with Gasteiger partial charge in [0.15, 0.2) is 0 Å². The Morgan fingerprint density at radius 1 is 1.56 bits per heavy atom. The summed E-state index contributed by atoms with van der Waals surface area (Å²) in [5, 5.41) is 16.2. The zero-order valence-corrected chi connectivity index (χ0v) is 11.9. The molecule has 1 aromatic rings. The number of amides is 2. The zero-order valence-electron chi connectivity index (χ0n) is 10.2. The summed E-state index contributed by atoms with van der Waals surface area (Å²) in [7, 11) is 0. The van der Waals surface area contributed by atoms with Gasteiger partial charge < -0.3 is 10.4 Å². The number of carboxylic acids is 1. The van der Waals surface area contributed by atoms with Crippen LogP contribution in [0.2, 0.25) is 0 Å². The Morgan fingerprint density at radius 2 is 2.28 bits per heavy atom. The highest BCUT2D eigenvalue weighted by Gasteiger charge is 2.14. The van der Waals surface area contributed by atoms with Gasteiger partial charge in [-0.15, -0.1) is 11.3 Å². The number of nitrogens with one attached hydrogen (secondary N) is 2. The first-order valence-corrected chi connectivity index (χ1v) is 7.69. The maximum atomic E-state index is 11.6. The van der Waals surface area contributed by atoms with Crippen LogP contribution < -0.4 is 10.6 Å². The largest absolute Gasteiger partial charge is 0.478 e. The molecule has 0 aliphatic heterocycles. The van der Waals surface area contributed by atoms with E-state index in [2.05, 4.69) is 10.6 Å². The number of carboxylic acid groups (broad SMARTS) is 1. The normalized spacial score (nSPS) is 11.9. The summed E-state index contributed by atoms with van der Waals surface area (Å²) in [6.45, 7) is 1.92. The van der Waals surface area contributed by atoms with Crippen LogP contribution >= 0.6 is 23.1 Å². The highest BCUT2D eigenvalue weighted by molar-refractivity contribution is 7.98.